The highest BCUT2D eigenvalue weighted by Gasteiger charge is 2.24. The van der Waals surface area contributed by atoms with E-state index >= 15 is 0 Å². The Morgan fingerprint density at radius 1 is 0.970 bits per heavy atom. The average molecular weight is 470 g/mol. The monoisotopic (exact) mass is 469 g/mol. The van der Waals surface area contributed by atoms with Gasteiger partial charge in [-0.2, -0.15) is 10.1 Å². The van der Waals surface area contributed by atoms with Crippen LogP contribution >= 0.6 is 0 Å². The second-order valence-electron chi connectivity index (χ2n) is 8.37. The lowest BCUT2D eigenvalue weighted by Gasteiger charge is -2.27. The second kappa shape index (κ2) is 9.38. The molecule has 0 unspecified atom stereocenters. The molecule has 3 heterocycles. The van der Waals surface area contributed by atoms with Gasteiger partial charge in [0.15, 0.2) is 0 Å². The quantitative estimate of drug-likeness (QED) is 0.535. The van der Waals surface area contributed by atoms with E-state index in [1.165, 1.54) is 6.42 Å². The molecule has 0 saturated carbocycles. The maximum absolute atomic E-state index is 13.0. The van der Waals surface area contributed by atoms with Crippen molar-refractivity contribution in [2.24, 2.45) is 0 Å². The summed E-state index contributed by atoms with van der Waals surface area (Å²) in [6.45, 7) is 9.95. The highest BCUT2D eigenvalue weighted by molar-refractivity contribution is 7.92. The van der Waals surface area contributed by atoms with Gasteiger partial charge in [-0.3, -0.25) is 9.40 Å². The Morgan fingerprint density at radius 3 is 2.27 bits per heavy atom. The maximum atomic E-state index is 13.0. The maximum Gasteiger partial charge on any atom is 0.265 e. The summed E-state index contributed by atoms with van der Waals surface area (Å²) in [6.07, 6.45) is 3.58. The number of aryl methyl sites for hydroxylation is 3. The van der Waals surface area contributed by atoms with Crippen LogP contribution in [-0.4, -0.2) is 41.3 Å². The van der Waals surface area contributed by atoms with Crippen molar-refractivity contribution in [2.75, 3.05) is 28.0 Å². The first-order valence-electron chi connectivity index (χ1n) is 11.3. The molecule has 2 N–H and O–H groups in total. The van der Waals surface area contributed by atoms with Crippen LogP contribution in [0.1, 0.15) is 43.3 Å². The van der Waals surface area contributed by atoms with E-state index in [4.69, 9.17) is 0 Å². The van der Waals surface area contributed by atoms with E-state index in [1.54, 1.807) is 30.7 Å². The molecule has 1 fully saturated rings. The lowest BCUT2D eigenvalue weighted by molar-refractivity contribution is 0.568. The summed E-state index contributed by atoms with van der Waals surface area (Å²) in [5.41, 5.74) is 3.31. The lowest BCUT2D eigenvalue weighted by atomic mass is 10.1. The van der Waals surface area contributed by atoms with Crippen LogP contribution in [0.4, 0.5) is 23.1 Å². The average Bonchev–Trinajstić information content (AvgIpc) is 3.09. The van der Waals surface area contributed by atoms with Crippen molar-refractivity contribution >= 4 is 33.2 Å². The van der Waals surface area contributed by atoms with Gasteiger partial charge in [0, 0.05) is 42.8 Å². The highest BCUT2D eigenvalue weighted by Crippen LogP contribution is 2.25. The molecule has 2 aromatic heterocycles. The van der Waals surface area contributed by atoms with Crippen molar-refractivity contribution in [3.05, 3.63) is 47.4 Å². The molecule has 0 amide bonds. The molecule has 1 aromatic carbocycles. The molecule has 176 valence electrons. The highest BCUT2D eigenvalue weighted by atomic mass is 32.2. The number of sulfonamides is 1. The van der Waals surface area contributed by atoms with Crippen LogP contribution in [0.15, 0.2) is 35.2 Å². The van der Waals surface area contributed by atoms with Crippen molar-refractivity contribution in [3.8, 4) is 0 Å². The Morgan fingerprint density at radius 2 is 1.64 bits per heavy atom. The minimum Gasteiger partial charge on any atom is -0.341 e. The van der Waals surface area contributed by atoms with Crippen LogP contribution < -0.4 is 14.9 Å². The zero-order valence-electron chi connectivity index (χ0n) is 19.6. The smallest absolute Gasteiger partial charge is 0.265 e. The van der Waals surface area contributed by atoms with Gasteiger partial charge >= 0.3 is 0 Å². The number of nitrogens with zero attached hydrogens (tertiary/aromatic N) is 5. The minimum absolute atomic E-state index is 0.230. The molecular weight excluding hydrogens is 438 g/mol. The first kappa shape index (κ1) is 23.0. The fraction of sp³-hybridized carbons (Fsp3) is 0.435. The summed E-state index contributed by atoms with van der Waals surface area (Å²) >= 11 is 0. The Balaban J connectivity index is 1.49. The van der Waals surface area contributed by atoms with Gasteiger partial charge in [-0.15, -0.1) is 0 Å². The van der Waals surface area contributed by atoms with Crippen molar-refractivity contribution < 1.29 is 8.42 Å². The Hall–Kier alpha value is -3.14. The Bertz CT molecular complexity index is 1230. The van der Waals surface area contributed by atoms with Crippen LogP contribution in [0.2, 0.25) is 0 Å². The van der Waals surface area contributed by atoms with Gasteiger partial charge in [0.05, 0.1) is 11.4 Å². The summed E-state index contributed by atoms with van der Waals surface area (Å²) < 4.78 is 30.3. The molecule has 1 aliphatic rings. The summed E-state index contributed by atoms with van der Waals surface area (Å²) in [5.74, 6) is 1.47. The minimum atomic E-state index is -3.74. The fourth-order valence-corrected chi connectivity index (χ4v) is 5.68. The molecule has 33 heavy (non-hydrogen) atoms. The molecule has 1 aliphatic heterocycles. The molecule has 0 radical (unpaired) electrons. The topological polar surface area (TPSA) is 105 Å². The van der Waals surface area contributed by atoms with Crippen LogP contribution in [0, 0.1) is 20.8 Å². The largest absolute Gasteiger partial charge is 0.341 e. The molecule has 0 spiro atoms. The van der Waals surface area contributed by atoms with E-state index in [9.17, 15) is 8.42 Å². The van der Waals surface area contributed by atoms with Crippen molar-refractivity contribution in [2.45, 2.75) is 58.4 Å². The molecular formula is C23H31N7O2S. The summed E-state index contributed by atoms with van der Waals surface area (Å²) in [6, 6.07) is 9.01. The molecule has 9 nitrogen and oxygen atoms in total. The molecule has 3 aromatic rings. The summed E-state index contributed by atoms with van der Waals surface area (Å²) in [7, 11) is -3.74. The normalized spacial score (nSPS) is 14.4. The third-order valence-electron chi connectivity index (χ3n) is 5.77. The number of hydrogen-bond acceptors (Lipinski definition) is 7. The third-order valence-corrected chi connectivity index (χ3v) is 7.41. The van der Waals surface area contributed by atoms with Gasteiger partial charge in [0.2, 0.25) is 5.95 Å². The van der Waals surface area contributed by atoms with E-state index < -0.39 is 10.0 Å². The summed E-state index contributed by atoms with van der Waals surface area (Å²) in [4.78, 5) is 11.7. The molecule has 4 rings (SSSR count). The Labute approximate surface area is 195 Å². The van der Waals surface area contributed by atoms with Crippen LogP contribution in [-0.2, 0) is 16.6 Å². The number of rotatable bonds is 7. The number of anilines is 4. The number of benzene rings is 1. The number of piperidine rings is 1. The van der Waals surface area contributed by atoms with E-state index in [2.05, 4.69) is 30.0 Å². The first-order valence-corrected chi connectivity index (χ1v) is 12.8. The molecule has 0 atom stereocenters. The predicted octanol–water partition coefficient (Wildman–Crippen LogP) is 4.15. The number of nitrogens with one attached hydrogen (secondary N) is 2. The van der Waals surface area contributed by atoms with Gasteiger partial charge in [-0.25, -0.2) is 13.4 Å². The Kier molecular flexibility index (Phi) is 6.55. The van der Waals surface area contributed by atoms with Crippen molar-refractivity contribution in [1.29, 1.82) is 0 Å². The van der Waals surface area contributed by atoms with Crippen molar-refractivity contribution in [1.82, 2.24) is 19.7 Å². The number of hydrogen-bond donors (Lipinski definition) is 2. The molecule has 10 heteroatoms. The number of aromatic nitrogens is 4. The van der Waals surface area contributed by atoms with E-state index in [1.807, 2.05) is 32.0 Å². The second-order valence-corrected chi connectivity index (χ2v) is 9.99. The lowest BCUT2D eigenvalue weighted by Crippen LogP contribution is -2.31. The van der Waals surface area contributed by atoms with Gasteiger partial charge in [-0.05, 0) is 71.2 Å². The van der Waals surface area contributed by atoms with E-state index in [0.29, 0.717) is 23.6 Å². The van der Waals surface area contributed by atoms with Crippen LogP contribution in [0.3, 0.4) is 0 Å². The predicted molar refractivity (Wildman–Crippen MR) is 131 cm³/mol. The molecule has 0 aliphatic carbocycles. The summed E-state index contributed by atoms with van der Waals surface area (Å²) in [5, 5.41) is 7.62. The van der Waals surface area contributed by atoms with Gasteiger partial charge in [0.25, 0.3) is 10.0 Å². The third kappa shape index (κ3) is 5.11. The molecule has 0 bridgehead atoms. The molecule has 1 saturated heterocycles. The standard InChI is InChI=1S/C23H31N7O2S/c1-5-30-18(4)22(17(3)27-30)33(31,32)28-20-11-9-19(10-12-20)25-21-15-16(2)24-23(26-21)29-13-7-6-8-14-29/h9-12,15,28H,5-8,13-14H2,1-4H3,(H,24,25,26). The fourth-order valence-electron chi connectivity index (χ4n) is 4.21. The zero-order valence-corrected chi connectivity index (χ0v) is 20.4. The van der Waals surface area contributed by atoms with E-state index in [-0.39, 0.29) is 4.90 Å². The van der Waals surface area contributed by atoms with Gasteiger partial charge in [-0.1, -0.05) is 0 Å². The van der Waals surface area contributed by atoms with Gasteiger partial charge < -0.3 is 10.2 Å². The zero-order chi connectivity index (χ0) is 23.6. The van der Waals surface area contributed by atoms with Gasteiger partial charge in [0.1, 0.15) is 10.7 Å². The van der Waals surface area contributed by atoms with Crippen LogP contribution in [0.5, 0.6) is 0 Å². The van der Waals surface area contributed by atoms with E-state index in [0.717, 1.165) is 49.1 Å². The van der Waals surface area contributed by atoms with Crippen molar-refractivity contribution in [3.63, 3.8) is 0 Å². The first-order chi connectivity index (χ1) is 15.8. The SMILES string of the molecule is CCn1nc(C)c(S(=O)(=O)Nc2ccc(Nc3cc(C)nc(N4CCCCC4)n3)cc2)c1C. The van der Waals surface area contributed by atoms with Crippen LogP contribution in [0.25, 0.3) is 0 Å².